The van der Waals surface area contributed by atoms with Gasteiger partial charge < -0.3 is 5.11 Å². The number of halogens is 1. The second-order valence-corrected chi connectivity index (χ2v) is 6.58. The number of aliphatic carboxylic acids is 1. The monoisotopic (exact) mass is 349 g/mol. The van der Waals surface area contributed by atoms with Crippen molar-refractivity contribution in [2.45, 2.75) is 17.4 Å². The first-order valence-electron chi connectivity index (χ1n) is 6.66. The van der Waals surface area contributed by atoms with Gasteiger partial charge in [-0.3, -0.25) is 9.78 Å². The summed E-state index contributed by atoms with van der Waals surface area (Å²) in [5.74, 6) is -1.86. The number of nitrogens with one attached hydrogen (secondary N) is 1. The molecule has 0 aliphatic heterocycles. The molecule has 0 bridgehead atoms. The van der Waals surface area contributed by atoms with Gasteiger partial charge in [0.1, 0.15) is 22.8 Å². The molecule has 0 fully saturated rings. The SMILES string of the molecule is N#Cc1cncc(S(=O)(=O)NC(Cc2ccc(F)cc2)C(=O)O)c1. The number of sulfonamides is 1. The zero-order valence-corrected chi connectivity index (χ0v) is 13.0. The third kappa shape index (κ3) is 4.34. The van der Waals surface area contributed by atoms with Gasteiger partial charge in [0.25, 0.3) is 0 Å². The summed E-state index contributed by atoms with van der Waals surface area (Å²) in [7, 11) is -4.18. The summed E-state index contributed by atoms with van der Waals surface area (Å²) in [6, 6.07) is 6.45. The fourth-order valence-corrected chi connectivity index (χ4v) is 3.09. The van der Waals surface area contributed by atoms with E-state index >= 15 is 0 Å². The summed E-state index contributed by atoms with van der Waals surface area (Å²) in [4.78, 5) is 14.7. The van der Waals surface area contributed by atoms with Gasteiger partial charge in [-0.05, 0) is 30.2 Å². The van der Waals surface area contributed by atoms with Crippen LogP contribution in [0.25, 0.3) is 0 Å². The molecular weight excluding hydrogens is 337 g/mol. The molecule has 0 aliphatic carbocycles. The largest absolute Gasteiger partial charge is 0.480 e. The number of rotatable bonds is 6. The van der Waals surface area contributed by atoms with Crippen LogP contribution in [0.1, 0.15) is 11.1 Å². The summed E-state index contributed by atoms with van der Waals surface area (Å²) < 4.78 is 39.5. The first-order chi connectivity index (χ1) is 11.3. The van der Waals surface area contributed by atoms with E-state index in [1.807, 2.05) is 0 Å². The van der Waals surface area contributed by atoms with Crippen LogP contribution in [0.15, 0.2) is 47.6 Å². The lowest BCUT2D eigenvalue weighted by Gasteiger charge is -2.15. The first-order valence-corrected chi connectivity index (χ1v) is 8.15. The Morgan fingerprint density at radius 1 is 1.33 bits per heavy atom. The molecule has 7 nitrogen and oxygen atoms in total. The Labute approximate surface area is 137 Å². The number of pyridine rings is 1. The van der Waals surface area contributed by atoms with Gasteiger partial charge in [0, 0.05) is 12.4 Å². The molecule has 9 heteroatoms. The summed E-state index contributed by atoms with van der Waals surface area (Å²) in [5.41, 5.74) is 0.485. The second kappa shape index (κ2) is 7.16. The molecule has 2 aromatic rings. The van der Waals surface area contributed by atoms with Gasteiger partial charge in [-0.25, -0.2) is 12.8 Å². The van der Waals surface area contributed by atoms with Crippen molar-refractivity contribution in [1.82, 2.24) is 9.71 Å². The molecule has 0 radical (unpaired) electrons. The lowest BCUT2D eigenvalue weighted by molar-refractivity contribution is -0.138. The maximum atomic E-state index is 12.9. The van der Waals surface area contributed by atoms with Crippen molar-refractivity contribution in [3.8, 4) is 6.07 Å². The molecule has 2 rings (SSSR count). The molecule has 1 unspecified atom stereocenters. The molecule has 2 N–H and O–H groups in total. The normalized spacial score (nSPS) is 12.3. The van der Waals surface area contributed by atoms with E-state index in [4.69, 9.17) is 5.26 Å². The highest BCUT2D eigenvalue weighted by Crippen LogP contribution is 2.12. The molecule has 24 heavy (non-hydrogen) atoms. The van der Waals surface area contributed by atoms with E-state index in [1.54, 1.807) is 6.07 Å². The van der Waals surface area contributed by atoms with Gasteiger partial charge in [-0.2, -0.15) is 9.98 Å². The Morgan fingerprint density at radius 2 is 2.00 bits per heavy atom. The third-order valence-electron chi connectivity index (χ3n) is 3.10. The molecule has 1 atom stereocenters. The molecule has 1 aromatic carbocycles. The standard InChI is InChI=1S/C15H12FN3O4S/c16-12-3-1-10(2-4-12)6-14(15(20)21)19-24(22,23)13-5-11(7-17)8-18-9-13/h1-5,8-9,14,19H,6H2,(H,20,21). The maximum Gasteiger partial charge on any atom is 0.322 e. The van der Waals surface area contributed by atoms with E-state index in [9.17, 15) is 22.7 Å². The number of nitrogens with zero attached hydrogens (tertiary/aromatic N) is 2. The lowest BCUT2D eigenvalue weighted by Crippen LogP contribution is -2.42. The highest BCUT2D eigenvalue weighted by atomic mass is 32.2. The van der Waals surface area contributed by atoms with Crippen LogP contribution in [0.4, 0.5) is 4.39 Å². The van der Waals surface area contributed by atoms with E-state index in [2.05, 4.69) is 9.71 Å². The van der Waals surface area contributed by atoms with E-state index in [0.717, 1.165) is 24.4 Å². The molecule has 0 saturated heterocycles. The minimum atomic E-state index is -4.18. The summed E-state index contributed by atoms with van der Waals surface area (Å²) >= 11 is 0. The molecule has 0 aliphatic rings. The minimum Gasteiger partial charge on any atom is -0.480 e. The van der Waals surface area contributed by atoms with Crippen LogP contribution in [-0.4, -0.2) is 30.5 Å². The number of carboxylic acid groups (broad SMARTS) is 1. The Morgan fingerprint density at radius 3 is 2.58 bits per heavy atom. The number of aromatic nitrogens is 1. The van der Waals surface area contributed by atoms with Crippen molar-refractivity contribution in [2.75, 3.05) is 0 Å². The highest BCUT2D eigenvalue weighted by molar-refractivity contribution is 7.89. The van der Waals surface area contributed by atoms with Crippen molar-refractivity contribution >= 4 is 16.0 Å². The van der Waals surface area contributed by atoms with Gasteiger partial charge in [-0.1, -0.05) is 12.1 Å². The van der Waals surface area contributed by atoms with Crippen LogP contribution < -0.4 is 4.72 Å². The van der Waals surface area contributed by atoms with Crippen molar-refractivity contribution < 1.29 is 22.7 Å². The topological polar surface area (TPSA) is 120 Å². The van der Waals surface area contributed by atoms with Gasteiger partial charge in [-0.15, -0.1) is 0 Å². The number of carbonyl (C=O) groups is 1. The molecule has 0 spiro atoms. The first kappa shape index (κ1) is 17.5. The molecule has 124 valence electrons. The average Bonchev–Trinajstić information content (AvgIpc) is 2.56. The highest BCUT2D eigenvalue weighted by Gasteiger charge is 2.26. The summed E-state index contributed by atoms with van der Waals surface area (Å²) in [5, 5.41) is 18.0. The molecule has 0 saturated carbocycles. The van der Waals surface area contributed by atoms with Crippen LogP contribution in [0, 0.1) is 17.1 Å². The molecule has 1 heterocycles. The van der Waals surface area contributed by atoms with Gasteiger partial charge in [0.2, 0.25) is 10.0 Å². The number of nitriles is 1. The quantitative estimate of drug-likeness (QED) is 0.805. The minimum absolute atomic E-state index is 0.0308. The zero-order valence-electron chi connectivity index (χ0n) is 12.2. The van der Waals surface area contributed by atoms with E-state index < -0.39 is 27.9 Å². The Kier molecular flexibility index (Phi) is 5.23. The van der Waals surface area contributed by atoms with Crippen molar-refractivity contribution in [3.05, 3.63) is 59.7 Å². The Hall–Kier alpha value is -2.83. The summed E-state index contributed by atoms with van der Waals surface area (Å²) in [6.07, 6.45) is 2.03. The van der Waals surface area contributed by atoms with E-state index in [1.165, 1.54) is 18.3 Å². The van der Waals surface area contributed by atoms with Gasteiger partial charge >= 0.3 is 5.97 Å². The zero-order chi connectivity index (χ0) is 17.7. The van der Waals surface area contributed by atoms with Gasteiger partial charge in [0.15, 0.2) is 0 Å². The maximum absolute atomic E-state index is 12.9. The third-order valence-corrected chi connectivity index (χ3v) is 4.54. The smallest absolute Gasteiger partial charge is 0.322 e. The number of benzene rings is 1. The molecular formula is C15H12FN3O4S. The fraction of sp³-hybridized carbons (Fsp3) is 0.133. The van der Waals surface area contributed by atoms with Crippen LogP contribution in [0.3, 0.4) is 0 Å². The predicted molar refractivity (Wildman–Crippen MR) is 80.8 cm³/mol. The molecule has 1 aromatic heterocycles. The van der Waals surface area contributed by atoms with Crippen molar-refractivity contribution in [2.24, 2.45) is 0 Å². The number of hydrogen-bond acceptors (Lipinski definition) is 5. The Bertz CT molecular complexity index is 892. The van der Waals surface area contributed by atoms with Crippen LogP contribution in [-0.2, 0) is 21.2 Å². The summed E-state index contributed by atoms with van der Waals surface area (Å²) in [6.45, 7) is 0. The lowest BCUT2D eigenvalue weighted by atomic mass is 10.1. The molecule has 0 amide bonds. The number of carboxylic acids is 1. The van der Waals surface area contributed by atoms with Crippen LogP contribution in [0.2, 0.25) is 0 Å². The van der Waals surface area contributed by atoms with Crippen molar-refractivity contribution in [1.29, 1.82) is 5.26 Å². The van der Waals surface area contributed by atoms with Crippen LogP contribution in [0.5, 0.6) is 0 Å². The average molecular weight is 349 g/mol. The fourth-order valence-electron chi connectivity index (χ4n) is 1.92. The number of hydrogen-bond donors (Lipinski definition) is 2. The second-order valence-electron chi connectivity index (χ2n) is 4.86. The van der Waals surface area contributed by atoms with Crippen molar-refractivity contribution in [3.63, 3.8) is 0 Å². The Balaban J connectivity index is 2.24. The van der Waals surface area contributed by atoms with Gasteiger partial charge in [0.05, 0.1) is 5.56 Å². The predicted octanol–water partition coefficient (Wildman–Crippen LogP) is 1.07. The van der Waals surface area contributed by atoms with Crippen LogP contribution >= 0.6 is 0 Å². The van der Waals surface area contributed by atoms with E-state index in [0.29, 0.717) is 5.56 Å². The van der Waals surface area contributed by atoms with E-state index in [-0.39, 0.29) is 16.9 Å².